The van der Waals surface area contributed by atoms with E-state index in [4.69, 9.17) is 11.6 Å². The Balaban J connectivity index is 2.53. The van der Waals surface area contributed by atoms with Gasteiger partial charge in [-0.3, -0.25) is 0 Å². The number of aromatic amines is 1. The van der Waals surface area contributed by atoms with Gasteiger partial charge in [0.2, 0.25) is 0 Å². The van der Waals surface area contributed by atoms with E-state index in [1.807, 2.05) is 0 Å². The zero-order valence-corrected chi connectivity index (χ0v) is 7.35. The molecule has 0 aliphatic heterocycles. The second kappa shape index (κ2) is 3.18. The zero-order valence-electron chi connectivity index (χ0n) is 6.59. The molecule has 0 aliphatic rings. The first-order chi connectivity index (χ1) is 6.27. The van der Waals surface area contributed by atoms with Gasteiger partial charge in [0.1, 0.15) is 5.82 Å². The third-order valence-corrected chi connectivity index (χ3v) is 1.95. The summed E-state index contributed by atoms with van der Waals surface area (Å²) in [6.07, 6.45) is 3.07. The molecule has 0 fully saturated rings. The summed E-state index contributed by atoms with van der Waals surface area (Å²) in [5.41, 5.74) is 1.12. The third-order valence-electron chi connectivity index (χ3n) is 1.72. The maximum atomic E-state index is 13.3. The highest BCUT2D eigenvalue weighted by molar-refractivity contribution is 6.30. The van der Waals surface area contributed by atoms with E-state index in [0.717, 1.165) is 0 Å². The molecular formula is C9H6ClFN2. The first-order valence-electron chi connectivity index (χ1n) is 3.71. The van der Waals surface area contributed by atoms with Crippen LogP contribution in [0.2, 0.25) is 5.02 Å². The number of hydrogen-bond donors (Lipinski definition) is 1. The molecule has 66 valence electrons. The average Bonchev–Trinajstić information content (AvgIpc) is 2.56. The quantitative estimate of drug-likeness (QED) is 0.747. The molecule has 1 N–H and O–H groups in total. The molecule has 0 spiro atoms. The molecule has 0 saturated carbocycles. The van der Waals surface area contributed by atoms with E-state index in [2.05, 4.69) is 9.97 Å². The number of rotatable bonds is 1. The normalized spacial score (nSPS) is 10.3. The van der Waals surface area contributed by atoms with Crippen LogP contribution in [0.25, 0.3) is 11.3 Å². The summed E-state index contributed by atoms with van der Waals surface area (Å²) in [6.45, 7) is 0. The molecular weight excluding hydrogens is 191 g/mol. The van der Waals surface area contributed by atoms with Crippen LogP contribution in [0.1, 0.15) is 0 Å². The van der Waals surface area contributed by atoms with Crippen LogP contribution >= 0.6 is 11.6 Å². The maximum absolute atomic E-state index is 13.3. The minimum absolute atomic E-state index is 0.350. The Morgan fingerprint density at radius 3 is 2.85 bits per heavy atom. The topological polar surface area (TPSA) is 28.7 Å². The van der Waals surface area contributed by atoms with Crippen LogP contribution in [-0.4, -0.2) is 9.97 Å². The predicted octanol–water partition coefficient (Wildman–Crippen LogP) is 2.87. The molecule has 0 saturated heterocycles. The molecule has 4 heteroatoms. The lowest BCUT2D eigenvalue weighted by atomic mass is 10.1. The monoisotopic (exact) mass is 196 g/mol. The van der Waals surface area contributed by atoms with Crippen LogP contribution in [0.15, 0.2) is 30.7 Å². The van der Waals surface area contributed by atoms with Gasteiger partial charge in [-0.1, -0.05) is 11.6 Å². The van der Waals surface area contributed by atoms with Gasteiger partial charge in [0.15, 0.2) is 0 Å². The zero-order chi connectivity index (χ0) is 9.26. The lowest BCUT2D eigenvalue weighted by Gasteiger charge is -1.99. The van der Waals surface area contributed by atoms with Gasteiger partial charge in [-0.2, -0.15) is 0 Å². The van der Waals surface area contributed by atoms with Crippen molar-refractivity contribution in [2.75, 3.05) is 0 Å². The second-order valence-corrected chi connectivity index (χ2v) is 3.03. The van der Waals surface area contributed by atoms with Crippen molar-refractivity contribution in [2.24, 2.45) is 0 Å². The Kier molecular flexibility index (Phi) is 2.02. The van der Waals surface area contributed by atoms with E-state index in [1.165, 1.54) is 12.4 Å². The van der Waals surface area contributed by atoms with Crippen molar-refractivity contribution in [1.29, 1.82) is 0 Å². The first kappa shape index (κ1) is 8.26. The fraction of sp³-hybridized carbons (Fsp3) is 0. The molecule has 2 rings (SSSR count). The maximum Gasteiger partial charge on any atom is 0.134 e. The minimum atomic E-state index is -0.350. The van der Waals surface area contributed by atoms with Crippen LogP contribution in [0.5, 0.6) is 0 Å². The Bertz CT molecular complexity index is 412. The Labute approximate surface area is 79.4 Å². The van der Waals surface area contributed by atoms with Crippen molar-refractivity contribution in [3.8, 4) is 11.3 Å². The van der Waals surface area contributed by atoms with Gasteiger partial charge in [-0.05, 0) is 18.2 Å². The van der Waals surface area contributed by atoms with Crippen molar-refractivity contribution in [2.45, 2.75) is 0 Å². The molecule has 0 amide bonds. The van der Waals surface area contributed by atoms with Crippen molar-refractivity contribution in [3.05, 3.63) is 41.6 Å². The van der Waals surface area contributed by atoms with E-state index in [9.17, 15) is 4.39 Å². The van der Waals surface area contributed by atoms with Crippen LogP contribution < -0.4 is 0 Å². The summed E-state index contributed by atoms with van der Waals surface area (Å²) in [6, 6.07) is 4.53. The lowest BCUT2D eigenvalue weighted by molar-refractivity contribution is 0.631. The van der Waals surface area contributed by atoms with Crippen molar-refractivity contribution in [3.63, 3.8) is 0 Å². The lowest BCUT2D eigenvalue weighted by Crippen LogP contribution is -1.83. The number of aromatic nitrogens is 2. The Morgan fingerprint density at radius 2 is 2.23 bits per heavy atom. The Hall–Kier alpha value is -1.35. The number of hydrogen-bond acceptors (Lipinski definition) is 1. The minimum Gasteiger partial charge on any atom is -0.345 e. The molecule has 0 bridgehead atoms. The van der Waals surface area contributed by atoms with Crippen LogP contribution in [0, 0.1) is 5.82 Å². The second-order valence-electron chi connectivity index (χ2n) is 2.59. The molecule has 0 atom stereocenters. The Morgan fingerprint density at radius 1 is 1.38 bits per heavy atom. The van der Waals surface area contributed by atoms with Gasteiger partial charge in [0.05, 0.1) is 18.2 Å². The highest BCUT2D eigenvalue weighted by Gasteiger charge is 2.05. The highest BCUT2D eigenvalue weighted by atomic mass is 35.5. The average molecular weight is 197 g/mol. The molecule has 0 unspecified atom stereocenters. The predicted molar refractivity (Wildman–Crippen MR) is 49.0 cm³/mol. The highest BCUT2D eigenvalue weighted by Crippen LogP contribution is 2.22. The molecule has 1 aromatic carbocycles. The van der Waals surface area contributed by atoms with Crippen LogP contribution in [0.3, 0.4) is 0 Å². The summed E-state index contributed by atoms with van der Waals surface area (Å²) < 4.78 is 13.3. The van der Waals surface area contributed by atoms with E-state index >= 15 is 0 Å². The largest absolute Gasteiger partial charge is 0.345 e. The molecule has 13 heavy (non-hydrogen) atoms. The molecule has 2 aromatic rings. The van der Waals surface area contributed by atoms with E-state index in [1.54, 1.807) is 18.3 Å². The van der Waals surface area contributed by atoms with Gasteiger partial charge in [0, 0.05) is 10.6 Å². The number of benzene rings is 1. The summed E-state index contributed by atoms with van der Waals surface area (Å²) >= 11 is 5.61. The smallest absolute Gasteiger partial charge is 0.134 e. The fourth-order valence-electron chi connectivity index (χ4n) is 1.11. The van der Waals surface area contributed by atoms with E-state index in [-0.39, 0.29) is 5.82 Å². The van der Waals surface area contributed by atoms with Crippen molar-refractivity contribution < 1.29 is 4.39 Å². The molecule has 1 aromatic heterocycles. The van der Waals surface area contributed by atoms with Gasteiger partial charge in [0.25, 0.3) is 0 Å². The van der Waals surface area contributed by atoms with E-state index < -0.39 is 0 Å². The number of H-pyrrole nitrogens is 1. The van der Waals surface area contributed by atoms with E-state index in [0.29, 0.717) is 16.3 Å². The fourth-order valence-corrected chi connectivity index (χ4v) is 1.27. The van der Waals surface area contributed by atoms with Gasteiger partial charge in [-0.15, -0.1) is 0 Å². The first-order valence-corrected chi connectivity index (χ1v) is 4.09. The summed E-state index contributed by atoms with van der Waals surface area (Å²) in [4.78, 5) is 6.63. The standard InChI is InChI=1S/C9H6ClFN2/c10-6-1-2-7(8(11)3-6)9-4-12-5-13-9/h1-5H,(H,12,13). The number of imidazole rings is 1. The summed E-state index contributed by atoms with van der Waals surface area (Å²) in [5.74, 6) is -0.350. The third kappa shape index (κ3) is 1.55. The molecule has 0 radical (unpaired) electrons. The molecule has 0 aliphatic carbocycles. The van der Waals surface area contributed by atoms with Crippen LogP contribution in [-0.2, 0) is 0 Å². The molecule has 1 heterocycles. The van der Waals surface area contributed by atoms with Crippen molar-refractivity contribution >= 4 is 11.6 Å². The summed E-state index contributed by atoms with van der Waals surface area (Å²) in [5, 5.41) is 0.390. The number of nitrogens with zero attached hydrogens (tertiary/aromatic N) is 1. The van der Waals surface area contributed by atoms with Gasteiger partial charge in [-0.25, -0.2) is 9.37 Å². The van der Waals surface area contributed by atoms with Gasteiger partial charge < -0.3 is 4.98 Å². The van der Waals surface area contributed by atoms with Crippen molar-refractivity contribution in [1.82, 2.24) is 9.97 Å². The number of halogens is 2. The summed E-state index contributed by atoms with van der Waals surface area (Å²) in [7, 11) is 0. The van der Waals surface area contributed by atoms with Gasteiger partial charge >= 0.3 is 0 Å². The SMILES string of the molecule is Fc1cc(Cl)ccc1-c1cnc[nH]1. The van der Waals surface area contributed by atoms with Crippen LogP contribution in [0.4, 0.5) is 4.39 Å². The number of nitrogens with one attached hydrogen (secondary N) is 1. The molecule has 2 nitrogen and oxygen atoms in total.